The fourth-order valence-electron chi connectivity index (χ4n) is 3.94. The molecule has 11 nitrogen and oxygen atoms in total. The van der Waals surface area contributed by atoms with E-state index in [0.29, 0.717) is 34.8 Å². The number of aromatic nitrogens is 2. The number of aliphatic imine (C=N–C) groups is 2. The van der Waals surface area contributed by atoms with Gasteiger partial charge in [0.05, 0.1) is 22.0 Å². The van der Waals surface area contributed by atoms with E-state index >= 15 is 0 Å². The number of nitrogens with two attached hydrogens (primary N) is 2. The van der Waals surface area contributed by atoms with Crippen molar-refractivity contribution in [3.05, 3.63) is 34.2 Å². The van der Waals surface area contributed by atoms with E-state index in [1.165, 1.54) is 42.6 Å². The van der Waals surface area contributed by atoms with Gasteiger partial charge in [0.2, 0.25) is 0 Å². The molecule has 0 bridgehead atoms. The lowest BCUT2D eigenvalue weighted by Gasteiger charge is -2.03. The maximum Gasteiger partial charge on any atom is 0.186 e. The first-order valence-electron chi connectivity index (χ1n) is 10.3. The Kier molecular flexibility index (Phi) is 8.89. The summed E-state index contributed by atoms with van der Waals surface area (Å²) in [6.07, 6.45) is 4.93. The number of nitrogens with zero attached hydrogens (tertiary/aromatic N) is 4. The summed E-state index contributed by atoms with van der Waals surface area (Å²) < 4.78 is 40.2. The molecule has 4 rings (SSSR count). The van der Waals surface area contributed by atoms with Gasteiger partial charge in [0, 0.05) is 12.0 Å². The van der Waals surface area contributed by atoms with Crippen LogP contribution in [0.15, 0.2) is 42.3 Å². The van der Waals surface area contributed by atoms with Crippen LogP contribution in [-0.2, 0) is 9.84 Å². The van der Waals surface area contributed by atoms with Crippen LogP contribution in [0.2, 0.25) is 0 Å². The Morgan fingerprint density at radius 1 is 1.35 bits per heavy atom. The zero-order valence-electron chi connectivity index (χ0n) is 18.2. The number of sulfone groups is 1. The Balaban J connectivity index is 0.000000266. The number of thioether (sulfide) groups is 1. The van der Waals surface area contributed by atoms with Gasteiger partial charge in [-0.15, -0.1) is 0 Å². The van der Waals surface area contributed by atoms with E-state index in [0.717, 1.165) is 12.8 Å². The topological polar surface area (TPSA) is 182 Å². The lowest BCUT2D eigenvalue weighted by atomic mass is 10.2. The number of halogens is 2. The van der Waals surface area contributed by atoms with Gasteiger partial charge in [-0.2, -0.15) is 0 Å². The number of hydrogen-bond donors (Lipinski definition) is 4. The van der Waals surface area contributed by atoms with Gasteiger partial charge in [0.25, 0.3) is 0 Å². The van der Waals surface area contributed by atoms with Gasteiger partial charge in [0.1, 0.15) is 5.82 Å². The highest BCUT2D eigenvalue weighted by Gasteiger charge is 2.57. The number of rotatable bonds is 7. The molecule has 6 N–H and O–H groups in total. The molecule has 2 fully saturated rings. The standard InChI is InChI=1S/C12H13BrFN7O2S.C7H12O2S/c13-7-5-6(1-2-8(7)14)18-10(19-22)9-11(21-23-20-9)24-4-3-17-12(15)16;1-10(8,9)7-5-3-2-4-6(5)7/h1-2,5,22H,3-4H2,(H,18,19)(H4,15,16,17);5-7H,2-4H2,1H3. The van der Waals surface area contributed by atoms with Crippen molar-refractivity contribution >= 4 is 55.0 Å². The Morgan fingerprint density at radius 3 is 2.62 bits per heavy atom. The largest absolute Gasteiger partial charge is 0.370 e. The van der Waals surface area contributed by atoms with Crippen molar-refractivity contribution in [3.63, 3.8) is 0 Å². The molecule has 34 heavy (non-hydrogen) atoms. The van der Waals surface area contributed by atoms with Crippen LogP contribution in [0.3, 0.4) is 0 Å². The third-order valence-electron chi connectivity index (χ3n) is 5.38. The summed E-state index contributed by atoms with van der Waals surface area (Å²) in [4.78, 5) is 8.00. The van der Waals surface area contributed by atoms with Crippen molar-refractivity contribution in [1.82, 2.24) is 15.8 Å². The Bertz CT molecular complexity index is 1160. The van der Waals surface area contributed by atoms with Gasteiger partial charge in [0.15, 0.2) is 32.4 Å². The summed E-state index contributed by atoms with van der Waals surface area (Å²) in [5, 5.41) is 17.2. The minimum Gasteiger partial charge on any atom is -0.370 e. The molecule has 1 heterocycles. The van der Waals surface area contributed by atoms with Gasteiger partial charge >= 0.3 is 0 Å². The Labute approximate surface area is 208 Å². The molecule has 0 aliphatic heterocycles. The average Bonchev–Trinajstić information content (AvgIpc) is 3.10. The second-order valence-corrected chi connectivity index (χ2v) is 11.9. The highest BCUT2D eigenvalue weighted by atomic mass is 79.9. The van der Waals surface area contributed by atoms with E-state index in [4.69, 9.17) is 11.5 Å². The smallest absolute Gasteiger partial charge is 0.186 e. The van der Waals surface area contributed by atoms with Crippen LogP contribution in [0.1, 0.15) is 25.0 Å². The molecule has 2 aromatic rings. The van der Waals surface area contributed by atoms with E-state index < -0.39 is 15.7 Å². The lowest BCUT2D eigenvalue weighted by molar-refractivity contribution is 0.234. The zero-order chi connectivity index (χ0) is 24.9. The van der Waals surface area contributed by atoms with E-state index in [9.17, 15) is 18.0 Å². The number of nitrogens with one attached hydrogen (secondary N) is 1. The summed E-state index contributed by atoms with van der Waals surface area (Å²) in [6, 6.07) is 4.13. The molecule has 2 aliphatic carbocycles. The summed E-state index contributed by atoms with van der Waals surface area (Å²) in [5.74, 6) is 1.19. The zero-order valence-corrected chi connectivity index (χ0v) is 21.4. The number of fused-ring (bicyclic) bond motifs is 1. The monoisotopic (exact) mass is 577 g/mol. The van der Waals surface area contributed by atoms with Gasteiger partial charge in [-0.05, 0) is 69.1 Å². The first-order chi connectivity index (χ1) is 16.1. The van der Waals surface area contributed by atoms with Crippen molar-refractivity contribution in [3.8, 4) is 0 Å². The predicted octanol–water partition coefficient (Wildman–Crippen LogP) is 2.22. The van der Waals surface area contributed by atoms with Gasteiger partial charge < -0.3 is 11.5 Å². The fraction of sp³-hybridized carbons (Fsp3) is 0.474. The molecule has 1 aromatic carbocycles. The number of hydroxylamine groups is 1. The van der Waals surface area contributed by atoms with Crippen LogP contribution in [-0.4, -0.2) is 59.5 Å². The number of amidine groups is 1. The second kappa shape index (κ2) is 11.5. The molecule has 2 atom stereocenters. The molecule has 0 spiro atoms. The first-order valence-corrected chi connectivity index (χ1v) is 14.0. The molecule has 186 valence electrons. The summed E-state index contributed by atoms with van der Waals surface area (Å²) in [6.45, 7) is 0.378. The van der Waals surface area contributed by atoms with Crippen molar-refractivity contribution in [1.29, 1.82) is 0 Å². The molecule has 2 aliphatic rings. The molecule has 15 heteroatoms. The molecule has 1 aromatic heterocycles. The molecule has 2 saturated carbocycles. The van der Waals surface area contributed by atoms with Crippen molar-refractivity contribution < 1.29 is 22.6 Å². The average molecular weight is 578 g/mol. The molecular weight excluding hydrogens is 553 g/mol. The van der Waals surface area contributed by atoms with Crippen LogP contribution in [0.25, 0.3) is 0 Å². The predicted molar refractivity (Wildman–Crippen MR) is 130 cm³/mol. The first kappa shape index (κ1) is 26.4. The normalized spacial score (nSPS) is 21.3. The maximum absolute atomic E-state index is 13.3. The fourth-order valence-corrected chi connectivity index (χ4v) is 6.90. The summed E-state index contributed by atoms with van der Waals surface area (Å²) >= 11 is 4.33. The van der Waals surface area contributed by atoms with Crippen LogP contribution >= 0.6 is 27.7 Å². The van der Waals surface area contributed by atoms with Gasteiger partial charge in [-0.25, -0.2) is 22.4 Å². The quantitative estimate of drug-likeness (QED) is 0.125. The second-order valence-electron chi connectivity index (χ2n) is 7.80. The Morgan fingerprint density at radius 2 is 2.06 bits per heavy atom. The maximum atomic E-state index is 13.3. The van der Waals surface area contributed by atoms with E-state index in [1.54, 1.807) is 0 Å². The van der Waals surface area contributed by atoms with Crippen molar-refractivity contribution in [2.75, 3.05) is 18.6 Å². The molecule has 2 unspecified atom stereocenters. The summed E-state index contributed by atoms with van der Waals surface area (Å²) in [7, 11) is -2.69. The SMILES string of the molecule is CS(=O)(=O)C1C2CCCC21.NC(N)=NCCSc1nonc1C(=Nc1ccc(F)c(Br)c1)NO. The molecular formula is C19H25BrFN7O4S2. The lowest BCUT2D eigenvalue weighted by Crippen LogP contribution is -2.23. The number of benzene rings is 1. The number of guanidine groups is 1. The third-order valence-corrected chi connectivity index (χ3v) is 8.60. The van der Waals surface area contributed by atoms with Crippen molar-refractivity contribution in [2.45, 2.75) is 29.5 Å². The van der Waals surface area contributed by atoms with Gasteiger partial charge in [-0.3, -0.25) is 15.7 Å². The van der Waals surface area contributed by atoms with Crippen LogP contribution in [0.4, 0.5) is 10.1 Å². The summed E-state index contributed by atoms with van der Waals surface area (Å²) in [5.41, 5.74) is 13.0. The van der Waals surface area contributed by atoms with Crippen LogP contribution in [0, 0.1) is 17.7 Å². The van der Waals surface area contributed by atoms with Crippen LogP contribution < -0.4 is 16.9 Å². The minimum absolute atomic E-state index is 0.000835. The minimum atomic E-state index is -2.69. The Hall–Kier alpha value is -2.23. The number of hydrogen-bond acceptors (Lipinski definition) is 9. The van der Waals surface area contributed by atoms with E-state index in [2.05, 4.69) is 40.9 Å². The molecule has 0 radical (unpaired) electrons. The molecule has 0 saturated heterocycles. The third kappa shape index (κ3) is 6.90. The van der Waals surface area contributed by atoms with E-state index in [1.807, 2.05) is 5.48 Å². The highest BCUT2D eigenvalue weighted by Crippen LogP contribution is 2.55. The van der Waals surface area contributed by atoms with E-state index in [-0.39, 0.29) is 27.2 Å². The highest BCUT2D eigenvalue weighted by molar-refractivity contribution is 9.10. The van der Waals surface area contributed by atoms with Crippen molar-refractivity contribution in [2.24, 2.45) is 33.3 Å². The van der Waals surface area contributed by atoms with Crippen LogP contribution in [0.5, 0.6) is 0 Å². The molecule has 0 amide bonds. The van der Waals surface area contributed by atoms with Gasteiger partial charge in [-0.1, -0.05) is 18.2 Å².